The van der Waals surface area contributed by atoms with E-state index in [1.165, 1.54) is 4.90 Å². The first-order valence-corrected chi connectivity index (χ1v) is 11.6. The molecule has 2 amide bonds. The fourth-order valence-electron chi connectivity index (χ4n) is 3.84. The second kappa shape index (κ2) is 10.3. The Morgan fingerprint density at radius 2 is 2.00 bits per heavy atom. The number of carbonyl (C=O) groups excluding carboxylic acids is 2. The van der Waals surface area contributed by atoms with E-state index in [4.69, 9.17) is 9.47 Å². The van der Waals surface area contributed by atoms with Crippen molar-refractivity contribution < 1.29 is 19.1 Å². The lowest BCUT2D eigenvalue weighted by atomic mass is 9.98. The molecule has 2 heterocycles. The number of hydrogen-bond donors (Lipinski definition) is 2. The lowest BCUT2D eigenvalue weighted by molar-refractivity contribution is -0.120. The van der Waals surface area contributed by atoms with E-state index in [9.17, 15) is 9.59 Å². The van der Waals surface area contributed by atoms with Crippen LogP contribution < -0.4 is 15.0 Å². The zero-order valence-corrected chi connectivity index (χ0v) is 20.5. The van der Waals surface area contributed by atoms with Crippen molar-refractivity contribution in [2.75, 3.05) is 25.7 Å². The van der Waals surface area contributed by atoms with Crippen molar-refractivity contribution in [3.63, 3.8) is 0 Å². The maximum absolute atomic E-state index is 13.2. The molecule has 9 nitrogen and oxygen atoms in total. The van der Waals surface area contributed by atoms with Gasteiger partial charge in [-0.3, -0.25) is 14.7 Å². The Bertz CT molecular complexity index is 1190. The van der Waals surface area contributed by atoms with E-state index < -0.39 is 11.9 Å². The van der Waals surface area contributed by atoms with Crippen LogP contribution in [0.4, 0.5) is 5.69 Å². The van der Waals surface area contributed by atoms with Gasteiger partial charge in [0.15, 0.2) is 0 Å². The molecule has 0 radical (unpaired) electrons. The molecule has 3 aromatic rings. The number of amides is 2. The molecule has 1 aliphatic heterocycles. The number of nitrogens with one attached hydrogen (secondary N) is 2. The summed E-state index contributed by atoms with van der Waals surface area (Å²) in [6, 6.07) is 14.7. The maximum Gasteiger partial charge on any atom is 0.291 e. The highest BCUT2D eigenvalue weighted by atomic mass is 16.5. The van der Waals surface area contributed by atoms with Gasteiger partial charge in [0.1, 0.15) is 24.2 Å². The largest absolute Gasteiger partial charge is 0.489 e. The third kappa shape index (κ3) is 5.86. The predicted octanol–water partition coefficient (Wildman–Crippen LogP) is 2.91. The molecule has 0 unspecified atom stereocenters. The SMILES string of the molecule is COC(C)(C)CCc1ccc2c(c1)N(C)C(=O)[C@H](NC(=O)c1n[nH]c(Cc3ccccc3)n1)CO2. The van der Waals surface area contributed by atoms with E-state index in [0.717, 1.165) is 24.0 Å². The van der Waals surface area contributed by atoms with Crippen LogP contribution in [0.3, 0.4) is 0 Å². The zero-order chi connectivity index (χ0) is 25.0. The van der Waals surface area contributed by atoms with E-state index in [1.807, 2.05) is 62.4 Å². The summed E-state index contributed by atoms with van der Waals surface area (Å²) in [6.45, 7) is 4.10. The van der Waals surface area contributed by atoms with Gasteiger partial charge in [-0.25, -0.2) is 4.98 Å². The molecule has 0 fully saturated rings. The highest BCUT2D eigenvalue weighted by Gasteiger charge is 2.32. The Labute approximate surface area is 204 Å². The van der Waals surface area contributed by atoms with Gasteiger partial charge in [-0.2, -0.15) is 0 Å². The van der Waals surface area contributed by atoms with E-state index >= 15 is 0 Å². The molecule has 0 bridgehead atoms. The van der Waals surface area contributed by atoms with Crippen molar-refractivity contribution in [1.29, 1.82) is 0 Å². The molecule has 0 saturated heterocycles. The number of benzene rings is 2. The van der Waals surface area contributed by atoms with Crippen molar-refractivity contribution in [2.24, 2.45) is 0 Å². The lowest BCUT2D eigenvalue weighted by Crippen LogP contribution is -2.49. The molecule has 184 valence electrons. The molecule has 9 heteroatoms. The molecule has 4 rings (SSSR count). The molecule has 0 saturated carbocycles. The van der Waals surface area contributed by atoms with E-state index in [-0.39, 0.29) is 23.9 Å². The van der Waals surface area contributed by atoms with Crippen LogP contribution in [-0.4, -0.2) is 59.4 Å². The number of rotatable bonds is 8. The number of aromatic amines is 1. The molecule has 1 aliphatic rings. The highest BCUT2D eigenvalue weighted by molar-refractivity contribution is 6.02. The number of aryl methyl sites for hydroxylation is 1. The summed E-state index contributed by atoms with van der Waals surface area (Å²) >= 11 is 0. The molecule has 0 spiro atoms. The first-order valence-electron chi connectivity index (χ1n) is 11.6. The van der Waals surface area contributed by atoms with Crippen LogP contribution in [0.2, 0.25) is 0 Å². The van der Waals surface area contributed by atoms with Crippen LogP contribution in [0.1, 0.15) is 47.8 Å². The topological polar surface area (TPSA) is 109 Å². The van der Waals surface area contributed by atoms with Crippen LogP contribution in [0.25, 0.3) is 0 Å². The van der Waals surface area contributed by atoms with Crippen molar-refractivity contribution in [3.05, 3.63) is 71.3 Å². The average molecular weight is 478 g/mol. The van der Waals surface area contributed by atoms with Gasteiger partial charge in [-0.1, -0.05) is 36.4 Å². The number of carbonyl (C=O) groups is 2. The van der Waals surface area contributed by atoms with E-state index in [0.29, 0.717) is 23.7 Å². The third-order valence-corrected chi connectivity index (χ3v) is 6.24. The average Bonchev–Trinajstić information content (AvgIpc) is 3.29. The minimum absolute atomic E-state index is 0.0132. The third-order valence-electron chi connectivity index (χ3n) is 6.24. The van der Waals surface area contributed by atoms with Crippen molar-refractivity contribution in [3.8, 4) is 5.75 Å². The zero-order valence-electron chi connectivity index (χ0n) is 20.5. The molecule has 0 aliphatic carbocycles. The van der Waals surface area contributed by atoms with E-state index in [2.05, 4.69) is 20.5 Å². The molecule has 2 N–H and O–H groups in total. The van der Waals surface area contributed by atoms with Gasteiger partial charge in [0, 0.05) is 20.6 Å². The second-order valence-corrected chi connectivity index (χ2v) is 9.27. The molecule has 1 aromatic heterocycles. The van der Waals surface area contributed by atoms with Gasteiger partial charge in [-0.05, 0) is 49.9 Å². The lowest BCUT2D eigenvalue weighted by Gasteiger charge is -2.23. The quantitative estimate of drug-likeness (QED) is 0.516. The Morgan fingerprint density at radius 1 is 1.23 bits per heavy atom. The molecule has 35 heavy (non-hydrogen) atoms. The van der Waals surface area contributed by atoms with Crippen LogP contribution >= 0.6 is 0 Å². The summed E-state index contributed by atoms with van der Waals surface area (Å²) in [5.74, 6) is 0.334. The number of aromatic nitrogens is 3. The molecular weight excluding hydrogens is 446 g/mol. The minimum Gasteiger partial charge on any atom is -0.489 e. The van der Waals surface area contributed by atoms with Gasteiger partial charge in [0.2, 0.25) is 5.82 Å². The van der Waals surface area contributed by atoms with Gasteiger partial charge >= 0.3 is 0 Å². The Balaban J connectivity index is 1.42. The molecule has 2 aromatic carbocycles. The van der Waals surface area contributed by atoms with Crippen LogP contribution in [0.5, 0.6) is 5.75 Å². The number of fused-ring (bicyclic) bond motifs is 1. The van der Waals surface area contributed by atoms with Gasteiger partial charge < -0.3 is 19.7 Å². The summed E-state index contributed by atoms with van der Waals surface area (Å²) in [5.41, 5.74) is 2.56. The van der Waals surface area contributed by atoms with Crippen LogP contribution in [-0.2, 0) is 22.4 Å². The minimum atomic E-state index is -0.869. The van der Waals surface area contributed by atoms with E-state index in [1.54, 1.807) is 14.2 Å². The number of nitrogens with zero attached hydrogens (tertiary/aromatic N) is 3. The fourth-order valence-corrected chi connectivity index (χ4v) is 3.84. The smallest absolute Gasteiger partial charge is 0.291 e. The first-order chi connectivity index (χ1) is 16.8. The maximum atomic E-state index is 13.2. The number of hydrogen-bond acceptors (Lipinski definition) is 6. The Morgan fingerprint density at radius 3 is 2.74 bits per heavy atom. The summed E-state index contributed by atoms with van der Waals surface area (Å²) in [4.78, 5) is 31.7. The normalized spacial score (nSPS) is 15.8. The number of H-pyrrole nitrogens is 1. The first kappa shape index (κ1) is 24.4. The van der Waals surface area contributed by atoms with Crippen molar-refractivity contribution in [2.45, 2.75) is 44.8 Å². The molecular formula is C26H31N5O4. The van der Waals surface area contributed by atoms with Crippen LogP contribution in [0.15, 0.2) is 48.5 Å². The van der Waals surface area contributed by atoms with Crippen LogP contribution in [0, 0.1) is 0 Å². The summed E-state index contributed by atoms with van der Waals surface area (Å²) < 4.78 is 11.4. The monoisotopic (exact) mass is 477 g/mol. The summed E-state index contributed by atoms with van der Waals surface area (Å²) in [5, 5.41) is 9.53. The second-order valence-electron chi connectivity index (χ2n) is 9.27. The number of anilines is 1. The van der Waals surface area contributed by atoms with Gasteiger partial charge in [-0.15, -0.1) is 5.10 Å². The Hall–Kier alpha value is -3.72. The Kier molecular flexibility index (Phi) is 7.16. The van der Waals surface area contributed by atoms with Gasteiger partial charge in [0.25, 0.3) is 11.8 Å². The number of methoxy groups -OCH3 is 1. The van der Waals surface area contributed by atoms with Crippen molar-refractivity contribution in [1.82, 2.24) is 20.5 Å². The molecule has 1 atom stereocenters. The summed E-state index contributed by atoms with van der Waals surface area (Å²) in [6.07, 6.45) is 2.16. The number of likely N-dealkylation sites (N-methyl/N-ethyl adjacent to an activating group) is 1. The standard InChI is InChI=1S/C26H31N5O4/c1-26(2,34-4)13-12-18-10-11-21-20(14-18)31(3)25(33)19(16-35-21)27-24(32)23-28-22(29-30-23)15-17-8-6-5-7-9-17/h5-11,14,19H,12-13,15-16H2,1-4H3,(H,27,32)(H,28,29,30)/t19-/m1/s1. The fraction of sp³-hybridized carbons (Fsp3) is 0.385. The van der Waals surface area contributed by atoms with Gasteiger partial charge in [0.05, 0.1) is 11.3 Å². The number of ether oxygens (including phenoxy) is 2. The van der Waals surface area contributed by atoms with Crippen molar-refractivity contribution >= 4 is 17.5 Å². The highest BCUT2D eigenvalue weighted by Crippen LogP contribution is 2.32. The summed E-state index contributed by atoms with van der Waals surface area (Å²) in [7, 11) is 3.39. The predicted molar refractivity (Wildman–Crippen MR) is 132 cm³/mol.